The minimum absolute atomic E-state index is 0.242. The highest BCUT2D eigenvalue weighted by atomic mass is 32.2. The molecule has 0 aliphatic rings. The number of nitrogens with one attached hydrogen (secondary N) is 2. The number of carbonyl (C=O) groups excluding carboxylic acids is 2. The molecule has 0 aromatic heterocycles. The number of amides is 2. The van der Waals surface area contributed by atoms with Crippen LogP contribution in [-0.4, -0.2) is 17.6 Å². The smallest absolute Gasteiger partial charge is 0.262 e. The van der Waals surface area contributed by atoms with Gasteiger partial charge in [0.15, 0.2) is 0 Å². The van der Waals surface area contributed by atoms with Gasteiger partial charge < -0.3 is 0 Å². The number of carbonyl (C=O) groups is 2. The van der Waals surface area contributed by atoms with Gasteiger partial charge in [-0.25, -0.2) is 0 Å². The van der Waals surface area contributed by atoms with Crippen LogP contribution in [-0.2, 0) is 9.59 Å². The molecule has 0 heterocycles. The summed E-state index contributed by atoms with van der Waals surface area (Å²) in [5.74, 6) is -0.378. The molecule has 24 heavy (non-hydrogen) atoms. The van der Waals surface area contributed by atoms with Gasteiger partial charge in [-0.3, -0.25) is 20.4 Å². The summed E-state index contributed by atoms with van der Waals surface area (Å²) in [5, 5.41) is 1.68. The largest absolute Gasteiger partial charge is 0.272 e. The molecule has 0 unspecified atom stereocenters. The molecule has 2 N–H and O–H groups in total. The van der Waals surface area contributed by atoms with E-state index in [9.17, 15) is 9.59 Å². The molecule has 124 valence electrons. The highest BCUT2D eigenvalue weighted by molar-refractivity contribution is 8.02. The first-order valence-electron chi connectivity index (χ1n) is 7.30. The molecule has 0 aliphatic heterocycles. The van der Waals surface area contributed by atoms with Crippen LogP contribution in [0.1, 0.15) is 5.56 Å². The fraction of sp³-hybridized carbons (Fsp3) is 0.111. The van der Waals surface area contributed by atoms with Crippen LogP contribution in [0.2, 0.25) is 0 Å². The zero-order chi connectivity index (χ0) is 17.2. The highest BCUT2D eigenvalue weighted by Crippen LogP contribution is 2.18. The van der Waals surface area contributed by atoms with E-state index in [1.54, 1.807) is 5.41 Å². The van der Waals surface area contributed by atoms with Gasteiger partial charge in [-0.2, -0.15) is 0 Å². The predicted octanol–water partition coefficient (Wildman–Crippen LogP) is 3.54. The summed E-state index contributed by atoms with van der Waals surface area (Å²) in [7, 11) is 0. The van der Waals surface area contributed by atoms with Crippen molar-refractivity contribution >= 4 is 35.3 Å². The van der Waals surface area contributed by atoms with Gasteiger partial charge in [-0.1, -0.05) is 47.7 Å². The lowest BCUT2D eigenvalue weighted by Gasteiger charge is -2.05. The number of rotatable bonds is 6. The van der Waals surface area contributed by atoms with Gasteiger partial charge in [-0.15, -0.1) is 11.8 Å². The van der Waals surface area contributed by atoms with E-state index in [1.807, 2.05) is 61.5 Å². The molecule has 4 nitrogen and oxygen atoms in total. The third-order valence-corrected chi connectivity index (χ3v) is 4.71. The summed E-state index contributed by atoms with van der Waals surface area (Å²) in [6.07, 6.45) is 1.38. The fourth-order valence-corrected chi connectivity index (χ4v) is 3.03. The van der Waals surface area contributed by atoms with Crippen molar-refractivity contribution in [2.45, 2.75) is 16.7 Å². The maximum absolute atomic E-state index is 11.7. The number of hydrazine groups is 1. The van der Waals surface area contributed by atoms with Crippen molar-refractivity contribution in [2.24, 2.45) is 0 Å². The number of benzene rings is 2. The lowest BCUT2D eigenvalue weighted by atomic mass is 10.2. The monoisotopic (exact) mass is 358 g/mol. The first-order chi connectivity index (χ1) is 11.6. The zero-order valence-electron chi connectivity index (χ0n) is 13.2. The molecule has 6 heteroatoms. The van der Waals surface area contributed by atoms with Gasteiger partial charge in [0, 0.05) is 15.9 Å². The van der Waals surface area contributed by atoms with Crippen molar-refractivity contribution < 1.29 is 9.59 Å². The van der Waals surface area contributed by atoms with E-state index in [0.29, 0.717) is 0 Å². The summed E-state index contributed by atoms with van der Waals surface area (Å²) >= 11 is 2.85. The molecule has 0 radical (unpaired) electrons. The Balaban J connectivity index is 1.65. The molecule has 2 aromatic carbocycles. The Labute approximate surface area is 150 Å². The Bertz CT molecular complexity index is 701. The number of hydrogen-bond donors (Lipinski definition) is 2. The number of hydrogen-bond acceptors (Lipinski definition) is 4. The van der Waals surface area contributed by atoms with Crippen LogP contribution in [0.5, 0.6) is 0 Å². The van der Waals surface area contributed by atoms with Crippen molar-refractivity contribution in [3.05, 3.63) is 71.6 Å². The molecule has 2 aromatic rings. The van der Waals surface area contributed by atoms with Gasteiger partial charge >= 0.3 is 0 Å². The van der Waals surface area contributed by atoms with Gasteiger partial charge in [-0.05, 0) is 36.6 Å². The van der Waals surface area contributed by atoms with Gasteiger partial charge in [0.25, 0.3) is 5.91 Å². The first kappa shape index (κ1) is 18.2. The van der Waals surface area contributed by atoms with Gasteiger partial charge in [0.1, 0.15) is 0 Å². The average molecular weight is 358 g/mol. The second-order valence-electron chi connectivity index (χ2n) is 4.87. The minimum atomic E-state index is -0.368. The van der Waals surface area contributed by atoms with E-state index in [1.165, 1.54) is 35.2 Å². The Morgan fingerprint density at radius 3 is 2.38 bits per heavy atom. The zero-order valence-corrected chi connectivity index (χ0v) is 14.8. The topological polar surface area (TPSA) is 58.2 Å². The molecule has 2 rings (SSSR count). The third-order valence-electron chi connectivity index (χ3n) is 2.88. The normalized spacial score (nSPS) is 10.5. The summed E-state index contributed by atoms with van der Waals surface area (Å²) in [4.78, 5) is 25.4. The van der Waals surface area contributed by atoms with Gasteiger partial charge in [0.2, 0.25) is 5.91 Å². The summed E-state index contributed by atoms with van der Waals surface area (Å²) in [5.41, 5.74) is 5.93. The Morgan fingerprint density at radius 2 is 1.67 bits per heavy atom. The van der Waals surface area contributed by atoms with Crippen LogP contribution in [0.3, 0.4) is 0 Å². The summed E-state index contributed by atoms with van der Waals surface area (Å²) < 4.78 is 0. The second-order valence-corrected chi connectivity index (χ2v) is 6.90. The quantitative estimate of drug-likeness (QED) is 0.471. The first-order valence-corrected chi connectivity index (χ1v) is 9.16. The Morgan fingerprint density at radius 1 is 0.958 bits per heavy atom. The standard InChI is InChI=1S/C18H18N2O2S2/c1-14-7-9-16(10-8-14)24-13-18(22)20-19-17(21)11-12-23-15-5-3-2-4-6-15/h2-12H,13H2,1H3,(H,19,21)(H,20,22)/b12-11+. The SMILES string of the molecule is Cc1ccc(SCC(=O)NNC(=O)/C=C/Sc2ccccc2)cc1. The minimum Gasteiger partial charge on any atom is -0.272 e. The highest BCUT2D eigenvalue weighted by Gasteiger charge is 2.03. The van der Waals surface area contributed by atoms with E-state index in [4.69, 9.17) is 0 Å². The lowest BCUT2D eigenvalue weighted by Crippen LogP contribution is -2.41. The molecule has 0 aliphatic carbocycles. The van der Waals surface area contributed by atoms with Crippen LogP contribution in [0.15, 0.2) is 75.9 Å². The van der Waals surface area contributed by atoms with Crippen molar-refractivity contribution in [1.82, 2.24) is 10.9 Å². The van der Waals surface area contributed by atoms with Gasteiger partial charge in [0.05, 0.1) is 5.75 Å². The number of aryl methyl sites for hydroxylation is 1. The van der Waals surface area contributed by atoms with E-state index in [0.717, 1.165) is 9.79 Å². The molecular weight excluding hydrogens is 340 g/mol. The van der Waals surface area contributed by atoms with Crippen molar-refractivity contribution in [1.29, 1.82) is 0 Å². The summed E-state index contributed by atoms with van der Waals surface area (Å²) in [6, 6.07) is 17.6. The van der Waals surface area contributed by atoms with Crippen molar-refractivity contribution in [2.75, 3.05) is 5.75 Å². The van der Waals surface area contributed by atoms with Crippen molar-refractivity contribution in [3.8, 4) is 0 Å². The van der Waals surface area contributed by atoms with E-state index < -0.39 is 0 Å². The van der Waals surface area contributed by atoms with Crippen LogP contribution < -0.4 is 10.9 Å². The van der Waals surface area contributed by atoms with Crippen LogP contribution in [0, 0.1) is 6.92 Å². The molecule has 0 fully saturated rings. The Hall–Kier alpha value is -2.18. The average Bonchev–Trinajstić information content (AvgIpc) is 2.60. The Kier molecular flexibility index (Phi) is 7.45. The molecule has 2 amide bonds. The van der Waals surface area contributed by atoms with E-state index >= 15 is 0 Å². The predicted molar refractivity (Wildman–Crippen MR) is 99.6 cm³/mol. The fourth-order valence-electron chi connectivity index (χ4n) is 1.67. The molecule has 0 saturated heterocycles. The number of thioether (sulfide) groups is 2. The molecule has 0 saturated carbocycles. The molecule has 0 spiro atoms. The van der Waals surface area contributed by atoms with Crippen molar-refractivity contribution in [3.63, 3.8) is 0 Å². The van der Waals surface area contributed by atoms with Crippen LogP contribution in [0.4, 0.5) is 0 Å². The van der Waals surface area contributed by atoms with Crippen LogP contribution >= 0.6 is 23.5 Å². The second kappa shape index (κ2) is 9.85. The van der Waals surface area contributed by atoms with E-state index in [2.05, 4.69) is 10.9 Å². The molecular formula is C18H18N2O2S2. The summed E-state index contributed by atoms with van der Waals surface area (Å²) in [6.45, 7) is 2.01. The maximum atomic E-state index is 11.7. The molecule has 0 atom stereocenters. The van der Waals surface area contributed by atoms with Crippen LogP contribution in [0.25, 0.3) is 0 Å². The van der Waals surface area contributed by atoms with E-state index in [-0.39, 0.29) is 17.6 Å². The molecule has 0 bridgehead atoms. The maximum Gasteiger partial charge on any atom is 0.262 e. The third kappa shape index (κ3) is 6.93. The lowest BCUT2D eigenvalue weighted by molar-refractivity contribution is -0.125.